The van der Waals surface area contributed by atoms with Crippen LogP contribution in [0.4, 0.5) is 0 Å². The molecule has 1 heterocycles. The standard InChI is InChI=1S/C12H11BrN2O2/c1-15-11(10(17-2)7-14-15)12(16)8-5-3-4-6-9(8)13/h3-7H,1-2H3. The minimum atomic E-state index is -0.116. The maximum atomic E-state index is 12.4. The summed E-state index contributed by atoms with van der Waals surface area (Å²) in [5, 5.41) is 4.02. The Hall–Kier alpha value is -1.62. The lowest BCUT2D eigenvalue weighted by atomic mass is 10.1. The van der Waals surface area contributed by atoms with Gasteiger partial charge in [0, 0.05) is 17.1 Å². The van der Waals surface area contributed by atoms with Crippen LogP contribution in [-0.2, 0) is 7.05 Å². The monoisotopic (exact) mass is 294 g/mol. The normalized spacial score (nSPS) is 10.3. The van der Waals surface area contributed by atoms with Crippen LogP contribution in [0.3, 0.4) is 0 Å². The smallest absolute Gasteiger partial charge is 0.215 e. The second kappa shape index (κ2) is 4.71. The van der Waals surface area contributed by atoms with Crippen molar-refractivity contribution in [3.05, 3.63) is 46.2 Å². The fourth-order valence-corrected chi connectivity index (χ4v) is 2.06. The first-order chi connectivity index (χ1) is 8.15. The van der Waals surface area contributed by atoms with Gasteiger partial charge in [0.1, 0.15) is 0 Å². The van der Waals surface area contributed by atoms with E-state index in [4.69, 9.17) is 4.74 Å². The molecule has 0 aliphatic rings. The van der Waals surface area contributed by atoms with Gasteiger partial charge in [0.2, 0.25) is 5.78 Å². The molecule has 0 radical (unpaired) electrons. The van der Waals surface area contributed by atoms with Crippen LogP contribution in [-0.4, -0.2) is 22.7 Å². The first kappa shape index (κ1) is 11.9. The lowest BCUT2D eigenvalue weighted by molar-refractivity contribution is 0.102. The highest BCUT2D eigenvalue weighted by Crippen LogP contribution is 2.24. The number of aromatic nitrogens is 2. The van der Waals surface area contributed by atoms with Crippen molar-refractivity contribution in [3.63, 3.8) is 0 Å². The molecule has 0 N–H and O–H groups in total. The maximum absolute atomic E-state index is 12.4. The predicted octanol–water partition coefficient (Wildman–Crippen LogP) is 2.42. The van der Waals surface area contributed by atoms with E-state index in [9.17, 15) is 4.79 Å². The second-order valence-corrected chi connectivity index (χ2v) is 4.35. The van der Waals surface area contributed by atoms with Gasteiger partial charge in [0.15, 0.2) is 11.4 Å². The molecule has 0 aliphatic heterocycles. The average Bonchev–Trinajstić information content (AvgIpc) is 2.70. The Bertz CT molecular complexity index is 563. The van der Waals surface area contributed by atoms with Crippen LogP contribution in [0.5, 0.6) is 5.75 Å². The number of ether oxygens (including phenoxy) is 1. The lowest BCUT2D eigenvalue weighted by Gasteiger charge is -2.06. The molecule has 5 heteroatoms. The molecule has 0 bridgehead atoms. The Morgan fingerprint density at radius 1 is 1.41 bits per heavy atom. The van der Waals surface area contributed by atoms with Gasteiger partial charge in [-0.05, 0) is 12.1 Å². The fourth-order valence-electron chi connectivity index (χ4n) is 1.60. The van der Waals surface area contributed by atoms with Crippen molar-refractivity contribution in [2.24, 2.45) is 7.05 Å². The molecule has 0 saturated carbocycles. The second-order valence-electron chi connectivity index (χ2n) is 3.49. The molecule has 1 aromatic carbocycles. The molecule has 0 unspecified atom stereocenters. The van der Waals surface area contributed by atoms with Crippen LogP contribution >= 0.6 is 15.9 Å². The van der Waals surface area contributed by atoms with Crippen LogP contribution in [0.15, 0.2) is 34.9 Å². The van der Waals surface area contributed by atoms with Gasteiger partial charge in [-0.2, -0.15) is 5.10 Å². The molecule has 0 aliphatic carbocycles. The maximum Gasteiger partial charge on any atom is 0.215 e. The number of rotatable bonds is 3. The van der Waals surface area contributed by atoms with E-state index in [0.29, 0.717) is 17.0 Å². The van der Waals surface area contributed by atoms with Crippen LogP contribution in [0.1, 0.15) is 16.1 Å². The van der Waals surface area contributed by atoms with Crippen molar-refractivity contribution in [2.75, 3.05) is 7.11 Å². The van der Waals surface area contributed by atoms with Crippen molar-refractivity contribution in [1.29, 1.82) is 0 Å². The Morgan fingerprint density at radius 3 is 2.76 bits per heavy atom. The number of hydrogen-bond donors (Lipinski definition) is 0. The fraction of sp³-hybridized carbons (Fsp3) is 0.167. The summed E-state index contributed by atoms with van der Waals surface area (Å²) in [5.74, 6) is 0.363. The minimum Gasteiger partial charge on any atom is -0.493 e. The summed E-state index contributed by atoms with van der Waals surface area (Å²) in [7, 11) is 3.24. The van der Waals surface area contributed by atoms with Crippen molar-refractivity contribution >= 4 is 21.7 Å². The van der Waals surface area contributed by atoms with E-state index in [1.54, 1.807) is 13.1 Å². The van der Waals surface area contributed by atoms with Gasteiger partial charge in [0.25, 0.3) is 0 Å². The van der Waals surface area contributed by atoms with E-state index >= 15 is 0 Å². The van der Waals surface area contributed by atoms with Crippen molar-refractivity contribution < 1.29 is 9.53 Å². The van der Waals surface area contributed by atoms with Crippen molar-refractivity contribution in [1.82, 2.24) is 9.78 Å². The number of hydrogen-bond acceptors (Lipinski definition) is 3. The molecule has 4 nitrogen and oxygen atoms in total. The van der Waals surface area contributed by atoms with Gasteiger partial charge in [-0.15, -0.1) is 0 Å². The third-order valence-corrected chi connectivity index (χ3v) is 3.15. The van der Waals surface area contributed by atoms with E-state index in [-0.39, 0.29) is 5.78 Å². The quantitative estimate of drug-likeness (QED) is 0.817. The predicted molar refractivity (Wildman–Crippen MR) is 67.3 cm³/mol. The molecule has 2 aromatic rings. The van der Waals surface area contributed by atoms with E-state index in [2.05, 4.69) is 21.0 Å². The number of benzene rings is 1. The van der Waals surface area contributed by atoms with Gasteiger partial charge in [-0.3, -0.25) is 9.48 Å². The topological polar surface area (TPSA) is 44.1 Å². The summed E-state index contributed by atoms with van der Waals surface area (Å²) in [6.07, 6.45) is 1.53. The van der Waals surface area contributed by atoms with Gasteiger partial charge in [0.05, 0.1) is 13.3 Å². The zero-order chi connectivity index (χ0) is 12.4. The number of methoxy groups -OCH3 is 1. The molecule has 17 heavy (non-hydrogen) atoms. The zero-order valence-corrected chi connectivity index (χ0v) is 11.1. The molecule has 88 valence electrons. The SMILES string of the molecule is COc1cnn(C)c1C(=O)c1ccccc1Br. The highest BCUT2D eigenvalue weighted by Gasteiger charge is 2.20. The van der Waals surface area contributed by atoms with Gasteiger partial charge in [-0.25, -0.2) is 0 Å². The molecule has 0 atom stereocenters. The summed E-state index contributed by atoms with van der Waals surface area (Å²) in [6.45, 7) is 0. The number of ketones is 1. The molecule has 0 spiro atoms. The van der Waals surface area contributed by atoms with Crippen LogP contribution in [0.2, 0.25) is 0 Å². The molecule has 0 fully saturated rings. The number of carbonyl (C=O) groups excluding carboxylic acids is 1. The molecule has 0 amide bonds. The number of aryl methyl sites for hydroxylation is 1. The number of carbonyl (C=O) groups is 1. The molecular weight excluding hydrogens is 284 g/mol. The summed E-state index contributed by atoms with van der Waals surface area (Å²) < 4.78 is 7.40. The Kier molecular flexibility index (Phi) is 3.28. The van der Waals surface area contributed by atoms with Crippen LogP contribution in [0, 0.1) is 0 Å². The van der Waals surface area contributed by atoms with Crippen molar-refractivity contribution in [3.8, 4) is 5.75 Å². The van der Waals surface area contributed by atoms with Gasteiger partial charge < -0.3 is 4.74 Å². The highest BCUT2D eigenvalue weighted by molar-refractivity contribution is 9.10. The number of nitrogens with zero attached hydrogens (tertiary/aromatic N) is 2. The highest BCUT2D eigenvalue weighted by atomic mass is 79.9. The molecular formula is C12H11BrN2O2. The van der Waals surface area contributed by atoms with E-state index in [1.165, 1.54) is 18.0 Å². The summed E-state index contributed by atoms with van der Waals surface area (Å²) in [6, 6.07) is 7.27. The van der Waals surface area contributed by atoms with Crippen molar-refractivity contribution in [2.45, 2.75) is 0 Å². The summed E-state index contributed by atoms with van der Waals surface area (Å²) in [4.78, 5) is 12.4. The van der Waals surface area contributed by atoms with E-state index in [1.807, 2.05) is 18.2 Å². The first-order valence-corrected chi connectivity index (χ1v) is 5.79. The Balaban J connectivity index is 2.51. The largest absolute Gasteiger partial charge is 0.493 e. The molecule has 1 aromatic heterocycles. The Morgan fingerprint density at radius 2 is 2.12 bits per heavy atom. The summed E-state index contributed by atoms with van der Waals surface area (Å²) >= 11 is 3.36. The first-order valence-electron chi connectivity index (χ1n) is 5.00. The average molecular weight is 295 g/mol. The Labute approximate surface area is 107 Å². The number of halogens is 1. The van der Waals surface area contributed by atoms with Gasteiger partial charge in [-0.1, -0.05) is 28.1 Å². The third-order valence-electron chi connectivity index (χ3n) is 2.46. The lowest BCUT2D eigenvalue weighted by Crippen LogP contribution is -2.10. The van der Waals surface area contributed by atoms with Crippen LogP contribution < -0.4 is 4.74 Å². The van der Waals surface area contributed by atoms with E-state index < -0.39 is 0 Å². The molecule has 0 saturated heterocycles. The minimum absolute atomic E-state index is 0.116. The van der Waals surface area contributed by atoms with E-state index in [0.717, 1.165) is 4.47 Å². The van der Waals surface area contributed by atoms with Gasteiger partial charge >= 0.3 is 0 Å². The summed E-state index contributed by atoms with van der Waals surface area (Å²) in [5.41, 5.74) is 1.04. The third kappa shape index (κ3) is 2.10. The molecule has 2 rings (SSSR count). The van der Waals surface area contributed by atoms with Crippen LogP contribution in [0.25, 0.3) is 0 Å². The zero-order valence-electron chi connectivity index (χ0n) is 9.48.